The van der Waals surface area contributed by atoms with Gasteiger partial charge in [0.2, 0.25) is 0 Å². The molecule has 0 fully saturated rings. The SMILES string of the molecule is CC(C)(C)OC(=O)CN(CCF)Cc1ccc(C#N)cc1F. The van der Waals surface area contributed by atoms with Crippen LogP contribution in [0.25, 0.3) is 0 Å². The minimum absolute atomic E-state index is 0.00131. The molecule has 0 aliphatic rings. The highest BCUT2D eigenvalue weighted by Crippen LogP contribution is 2.14. The number of alkyl halides is 1. The summed E-state index contributed by atoms with van der Waals surface area (Å²) in [5.74, 6) is -1.04. The summed E-state index contributed by atoms with van der Waals surface area (Å²) in [6.07, 6.45) is 0. The molecule has 0 amide bonds. The van der Waals surface area contributed by atoms with Crippen molar-refractivity contribution in [3.63, 3.8) is 0 Å². The smallest absolute Gasteiger partial charge is 0.320 e. The fourth-order valence-corrected chi connectivity index (χ4v) is 1.88. The van der Waals surface area contributed by atoms with E-state index in [0.717, 1.165) is 6.07 Å². The van der Waals surface area contributed by atoms with Gasteiger partial charge in [0.25, 0.3) is 0 Å². The van der Waals surface area contributed by atoms with Gasteiger partial charge in [0, 0.05) is 18.7 Å². The zero-order chi connectivity index (χ0) is 16.8. The minimum Gasteiger partial charge on any atom is -0.459 e. The van der Waals surface area contributed by atoms with Gasteiger partial charge in [-0.05, 0) is 32.9 Å². The molecule has 0 aliphatic heterocycles. The summed E-state index contributed by atoms with van der Waals surface area (Å²) in [7, 11) is 0. The highest BCUT2D eigenvalue weighted by Gasteiger charge is 2.20. The van der Waals surface area contributed by atoms with Crippen molar-refractivity contribution < 1.29 is 18.3 Å². The van der Waals surface area contributed by atoms with Crippen LogP contribution in [0.5, 0.6) is 0 Å². The van der Waals surface area contributed by atoms with E-state index in [2.05, 4.69) is 0 Å². The van der Waals surface area contributed by atoms with Gasteiger partial charge in [-0.1, -0.05) is 6.07 Å². The van der Waals surface area contributed by atoms with Gasteiger partial charge in [-0.2, -0.15) is 5.26 Å². The van der Waals surface area contributed by atoms with Gasteiger partial charge in [-0.25, -0.2) is 8.78 Å². The molecule has 0 spiro atoms. The Hall–Kier alpha value is -2.00. The molecule has 6 heteroatoms. The molecule has 0 radical (unpaired) electrons. The third-order valence-corrected chi connectivity index (χ3v) is 2.75. The molecule has 1 aromatic carbocycles. The summed E-state index contributed by atoms with van der Waals surface area (Å²) >= 11 is 0. The molecule has 1 aromatic rings. The number of hydrogen-bond acceptors (Lipinski definition) is 4. The van der Waals surface area contributed by atoms with Crippen molar-refractivity contribution in [1.82, 2.24) is 4.90 Å². The first-order valence-electron chi connectivity index (χ1n) is 6.94. The van der Waals surface area contributed by atoms with Crippen molar-refractivity contribution in [2.45, 2.75) is 32.9 Å². The topological polar surface area (TPSA) is 53.3 Å². The van der Waals surface area contributed by atoms with Gasteiger partial charge in [0.05, 0.1) is 18.2 Å². The van der Waals surface area contributed by atoms with E-state index < -0.39 is 24.1 Å². The Morgan fingerprint density at radius 2 is 2.09 bits per heavy atom. The molecule has 0 aliphatic carbocycles. The van der Waals surface area contributed by atoms with Crippen LogP contribution < -0.4 is 0 Å². The summed E-state index contributed by atoms with van der Waals surface area (Å²) in [5.41, 5.74) is -0.112. The first kappa shape index (κ1) is 18.1. The van der Waals surface area contributed by atoms with Gasteiger partial charge in [-0.3, -0.25) is 9.69 Å². The third kappa shape index (κ3) is 6.19. The highest BCUT2D eigenvalue weighted by molar-refractivity contribution is 5.72. The molecule has 0 saturated carbocycles. The van der Waals surface area contributed by atoms with Crippen molar-refractivity contribution in [2.75, 3.05) is 19.8 Å². The van der Waals surface area contributed by atoms with E-state index in [0.29, 0.717) is 5.56 Å². The lowest BCUT2D eigenvalue weighted by Gasteiger charge is -2.24. The maximum atomic E-state index is 13.9. The first-order chi connectivity index (χ1) is 10.2. The number of benzene rings is 1. The zero-order valence-electron chi connectivity index (χ0n) is 13.0. The minimum atomic E-state index is -0.652. The number of esters is 1. The van der Waals surface area contributed by atoms with E-state index in [1.165, 1.54) is 17.0 Å². The second kappa shape index (κ2) is 7.85. The summed E-state index contributed by atoms with van der Waals surface area (Å²) in [5, 5.41) is 8.71. The third-order valence-electron chi connectivity index (χ3n) is 2.75. The summed E-state index contributed by atoms with van der Waals surface area (Å²) in [4.78, 5) is 13.3. The molecule has 0 unspecified atom stereocenters. The average molecular weight is 310 g/mol. The molecule has 0 bridgehead atoms. The number of carbonyl (C=O) groups excluding carboxylic acids is 1. The van der Waals surface area contributed by atoms with Crippen molar-refractivity contribution in [1.29, 1.82) is 5.26 Å². The van der Waals surface area contributed by atoms with Crippen LogP contribution in [0.3, 0.4) is 0 Å². The number of carbonyl (C=O) groups is 1. The molecule has 0 heterocycles. The normalized spacial score (nSPS) is 11.3. The second-order valence-corrected chi connectivity index (χ2v) is 5.90. The Labute approximate surface area is 129 Å². The largest absolute Gasteiger partial charge is 0.459 e. The number of hydrogen-bond donors (Lipinski definition) is 0. The van der Waals surface area contributed by atoms with Crippen LogP contribution in [0.4, 0.5) is 8.78 Å². The van der Waals surface area contributed by atoms with Gasteiger partial charge in [0.1, 0.15) is 18.1 Å². The van der Waals surface area contributed by atoms with Crippen LogP contribution >= 0.6 is 0 Å². The predicted molar refractivity (Wildman–Crippen MR) is 78.2 cm³/mol. The van der Waals surface area contributed by atoms with E-state index in [1.54, 1.807) is 20.8 Å². The van der Waals surface area contributed by atoms with E-state index in [9.17, 15) is 13.6 Å². The highest BCUT2D eigenvalue weighted by atomic mass is 19.1. The second-order valence-electron chi connectivity index (χ2n) is 5.90. The van der Waals surface area contributed by atoms with E-state index in [4.69, 9.17) is 10.00 Å². The Balaban J connectivity index is 2.76. The van der Waals surface area contributed by atoms with Crippen LogP contribution in [-0.2, 0) is 16.1 Å². The lowest BCUT2D eigenvalue weighted by atomic mass is 10.1. The summed E-state index contributed by atoms with van der Waals surface area (Å²) in [6.45, 7) is 4.51. The fourth-order valence-electron chi connectivity index (χ4n) is 1.88. The van der Waals surface area contributed by atoms with Crippen molar-refractivity contribution in [3.8, 4) is 6.07 Å². The molecule has 0 aromatic heterocycles. The van der Waals surface area contributed by atoms with Crippen molar-refractivity contribution in [2.24, 2.45) is 0 Å². The molecule has 4 nitrogen and oxygen atoms in total. The molecule has 0 saturated heterocycles. The van der Waals surface area contributed by atoms with Crippen LogP contribution in [0.2, 0.25) is 0 Å². The molecular weight excluding hydrogens is 290 g/mol. The summed E-state index contributed by atoms with van der Waals surface area (Å²) in [6, 6.07) is 5.92. The standard InChI is InChI=1S/C16H20F2N2O2/c1-16(2,3)22-15(21)11-20(7-6-17)10-13-5-4-12(9-19)8-14(13)18/h4-5,8H,6-7,10-11H2,1-3H3. The van der Waals surface area contributed by atoms with E-state index in [-0.39, 0.29) is 25.2 Å². The maximum Gasteiger partial charge on any atom is 0.320 e. The molecular formula is C16H20F2N2O2. The Morgan fingerprint density at radius 1 is 1.41 bits per heavy atom. The first-order valence-corrected chi connectivity index (χ1v) is 6.94. The fraction of sp³-hybridized carbons (Fsp3) is 0.500. The number of nitriles is 1. The number of rotatable bonds is 6. The summed E-state index contributed by atoms with van der Waals surface area (Å²) < 4.78 is 31.7. The molecule has 1 rings (SSSR count). The van der Waals surface area contributed by atoms with Crippen molar-refractivity contribution in [3.05, 3.63) is 35.1 Å². The Kier molecular flexibility index (Phi) is 6.44. The number of ether oxygens (including phenoxy) is 1. The zero-order valence-corrected chi connectivity index (χ0v) is 13.0. The molecule has 120 valence electrons. The van der Waals surface area contributed by atoms with Crippen molar-refractivity contribution >= 4 is 5.97 Å². The van der Waals surface area contributed by atoms with Gasteiger partial charge in [-0.15, -0.1) is 0 Å². The number of nitrogens with zero attached hydrogens (tertiary/aromatic N) is 2. The van der Waals surface area contributed by atoms with Crippen LogP contribution in [0.1, 0.15) is 31.9 Å². The number of halogens is 2. The van der Waals surface area contributed by atoms with Crippen LogP contribution in [0.15, 0.2) is 18.2 Å². The monoisotopic (exact) mass is 310 g/mol. The van der Waals surface area contributed by atoms with Crippen LogP contribution in [-0.4, -0.2) is 36.2 Å². The molecule has 22 heavy (non-hydrogen) atoms. The van der Waals surface area contributed by atoms with Crippen LogP contribution in [0, 0.1) is 17.1 Å². The van der Waals surface area contributed by atoms with E-state index >= 15 is 0 Å². The van der Waals surface area contributed by atoms with Gasteiger partial charge < -0.3 is 4.74 Å². The Bertz CT molecular complexity index is 562. The quantitative estimate of drug-likeness (QED) is 0.758. The average Bonchev–Trinajstić information content (AvgIpc) is 2.39. The van der Waals surface area contributed by atoms with Gasteiger partial charge >= 0.3 is 5.97 Å². The predicted octanol–water partition coefficient (Wildman–Crippen LogP) is 2.81. The lowest BCUT2D eigenvalue weighted by molar-refractivity contribution is -0.156. The van der Waals surface area contributed by atoms with E-state index in [1.807, 2.05) is 6.07 Å². The Morgan fingerprint density at radius 3 is 2.59 bits per heavy atom. The lowest BCUT2D eigenvalue weighted by Crippen LogP contribution is -2.36. The molecule has 0 atom stereocenters. The maximum absolute atomic E-state index is 13.9. The van der Waals surface area contributed by atoms with Gasteiger partial charge in [0.15, 0.2) is 0 Å². The molecule has 0 N–H and O–H groups in total.